The lowest BCUT2D eigenvalue weighted by Gasteiger charge is -2.08. The number of hydrogen-bond donors (Lipinski definition) is 1. The minimum Gasteiger partial charge on any atom is -0.465 e. The van der Waals surface area contributed by atoms with Gasteiger partial charge in [0.05, 0.1) is 18.2 Å². The van der Waals surface area contributed by atoms with E-state index in [4.69, 9.17) is 0 Å². The number of ether oxygens (including phenoxy) is 1. The van der Waals surface area contributed by atoms with Crippen molar-refractivity contribution in [3.05, 3.63) is 71.7 Å². The Labute approximate surface area is 137 Å². The minimum atomic E-state index is -0.771. The van der Waals surface area contributed by atoms with Crippen LogP contribution in [0.2, 0.25) is 0 Å². The monoisotopic (exact) mass is 324 g/mol. The number of pyridine rings is 1. The van der Waals surface area contributed by atoms with Crippen LogP contribution in [-0.4, -0.2) is 24.0 Å². The molecule has 1 heterocycles. The van der Waals surface area contributed by atoms with Crippen molar-refractivity contribution in [2.45, 2.75) is 0 Å². The zero-order valence-electron chi connectivity index (χ0n) is 12.7. The van der Waals surface area contributed by atoms with Crippen LogP contribution in [0.25, 0.3) is 10.9 Å². The number of fused-ring (bicyclic) bond motifs is 1. The third kappa shape index (κ3) is 3.08. The van der Waals surface area contributed by atoms with Crippen LogP contribution in [0, 0.1) is 5.82 Å². The van der Waals surface area contributed by atoms with Gasteiger partial charge in [-0.15, -0.1) is 0 Å². The van der Waals surface area contributed by atoms with Gasteiger partial charge in [0.1, 0.15) is 5.82 Å². The summed E-state index contributed by atoms with van der Waals surface area (Å²) in [6.45, 7) is 0. The van der Waals surface area contributed by atoms with Crippen molar-refractivity contribution in [3.8, 4) is 0 Å². The standard InChI is InChI=1S/C18H13FN2O3/c1-24-18(23)14-6-5-13(10-15(14)19)21-17(22)12-4-7-16-11(9-12)3-2-8-20-16/h2-10H,1H3,(H,21,22). The Balaban J connectivity index is 1.83. The quantitative estimate of drug-likeness (QED) is 0.750. The van der Waals surface area contributed by atoms with E-state index in [1.807, 2.05) is 6.07 Å². The SMILES string of the molecule is COC(=O)c1ccc(NC(=O)c2ccc3ncccc3c2)cc1F. The third-order valence-corrected chi connectivity index (χ3v) is 3.50. The van der Waals surface area contributed by atoms with E-state index in [-0.39, 0.29) is 17.2 Å². The number of benzene rings is 2. The number of esters is 1. The maximum absolute atomic E-state index is 13.9. The van der Waals surface area contributed by atoms with Crippen molar-refractivity contribution in [2.24, 2.45) is 0 Å². The highest BCUT2D eigenvalue weighted by Gasteiger charge is 2.14. The Morgan fingerprint density at radius 3 is 2.71 bits per heavy atom. The van der Waals surface area contributed by atoms with Crippen LogP contribution in [0.4, 0.5) is 10.1 Å². The molecule has 2 aromatic carbocycles. The lowest BCUT2D eigenvalue weighted by atomic mass is 10.1. The highest BCUT2D eigenvalue weighted by Crippen LogP contribution is 2.18. The summed E-state index contributed by atoms with van der Waals surface area (Å²) < 4.78 is 18.4. The Hall–Kier alpha value is -3.28. The third-order valence-electron chi connectivity index (χ3n) is 3.50. The predicted molar refractivity (Wildman–Crippen MR) is 87.4 cm³/mol. The van der Waals surface area contributed by atoms with Crippen molar-refractivity contribution >= 4 is 28.5 Å². The van der Waals surface area contributed by atoms with Crippen LogP contribution >= 0.6 is 0 Å². The Bertz CT molecular complexity index is 940. The average molecular weight is 324 g/mol. The number of nitrogens with zero attached hydrogens (tertiary/aromatic N) is 1. The van der Waals surface area contributed by atoms with Crippen molar-refractivity contribution < 1.29 is 18.7 Å². The molecule has 120 valence electrons. The first-order chi connectivity index (χ1) is 11.6. The molecule has 0 atom stereocenters. The van der Waals surface area contributed by atoms with E-state index in [1.165, 1.54) is 19.2 Å². The van der Waals surface area contributed by atoms with Gasteiger partial charge in [-0.05, 0) is 42.5 Å². The van der Waals surface area contributed by atoms with E-state index < -0.39 is 11.8 Å². The highest BCUT2D eigenvalue weighted by molar-refractivity contribution is 6.06. The summed E-state index contributed by atoms with van der Waals surface area (Å²) in [5.41, 5.74) is 1.26. The first-order valence-electron chi connectivity index (χ1n) is 7.12. The van der Waals surface area contributed by atoms with Gasteiger partial charge in [0.2, 0.25) is 0 Å². The van der Waals surface area contributed by atoms with E-state index in [2.05, 4.69) is 15.0 Å². The highest BCUT2D eigenvalue weighted by atomic mass is 19.1. The van der Waals surface area contributed by atoms with Crippen LogP contribution in [0.1, 0.15) is 20.7 Å². The van der Waals surface area contributed by atoms with Gasteiger partial charge in [0.15, 0.2) is 0 Å². The van der Waals surface area contributed by atoms with Gasteiger partial charge in [-0.3, -0.25) is 9.78 Å². The van der Waals surface area contributed by atoms with Gasteiger partial charge in [0, 0.05) is 22.8 Å². The van der Waals surface area contributed by atoms with Gasteiger partial charge in [-0.1, -0.05) is 6.07 Å². The summed E-state index contributed by atoms with van der Waals surface area (Å²) in [6, 6.07) is 12.5. The first-order valence-corrected chi connectivity index (χ1v) is 7.12. The Kier molecular flexibility index (Phi) is 4.20. The van der Waals surface area contributed by atoms with Crippen LogP contribution < -0.4 is 5.32 Å². The molecular formula is C18H13FN2O3. The number of rotatable bonds is 3. The van der Waals surface area contributed by atoms with Gasteiger partial charge >= 0.3 is 5.97 Å². The van der Waals surface area contributed by atoms with E-state index in [9.17, 15) is 14.0 Å². The molecule has 1 aromatic heterocycles. The zero-order chi connectivity index (χ0) is 17.1. The smallest absolute Gasteiger partial charge is 0.340 e. The zero-order valence-corrected chi connectivity index (χ0v) is 12.7. The Morgan fingerprint density at radius 2 is 1.96 bits per heavy atom. The molecule has 0 spiro atoms. The molecule has 0 aliphatic heterocycles. The fraction of sp³-hybridized carbons (Fsp3) is 0.0556. The average Bonchev–Trinajstić information content (AvgIpc) is 2.60. The second-order valence-electron chi connectivity index (χ2n) is 5.05. The van der Waals surface area contributed by atoms with Crippen molar-refractivity contribution in [3.63, 3.8) is 0 Å². The van der Waals surface area contributed by atoms with Crippen LogP contribution in [0.15, 0.2) is 54.7 Å². The molecule has 0 unspecified atom stereocenters. The number of anilines is 1. The fourth-order valence-corrected chi connectivity index (χ4v) is 2.29. The molecule has 0 saturated carbocycles. The summed E-state index contributed by atoms with van der Waals surface area (Å²) in [4.78, 5) is 27.8. The predicted octanol–water partition coefficient (Wildman–Crippen LogP) is 3.41. The molecule has 0 radical (unpaired) electrons. The minimum absolute atomic E-state index is 0.188. The van der Waals surface area contributed by atoms with E-state index in [0.717, 1.165) is 17.0 Å². The molecule has 1 N–H and O–H groups in total. The summed E-state index contributed by atoms with van der Waals surface area (Å²) in [5, 5.41) is 3.43. The molecule has 3 aromatic rings. The second-order valence-corrected chi connectivity index (χ2v) is 5.05. The number of amides is 1. The van der Waals surface area contributed by atoms with Gasteiger partial charge in [0.25, 0.3) is 5.91 Å². The molecule has 5 nitrogen and oxygen atoms in total. The van der Waals surface area contributed by atoms with Gasteiger partial charge < -0.3 is 10.1 Å². The fourth-order valence-electron chi connectivity index (χ4n) is 2.29. The number of aromatic nitrogens is 1. The van der Waals surface area contributed by atoms with E-state index in [1.54, 1.807) is 30.5 Å². The lowest BCUT2D eigenvalue weighted by Crippen LogP contribution is -2.13. The van der Waals surface area contributed by atoms with Crippen molar-refractivity contribution in [1.29, 1.82) is 0 Å². The molecular weight excluding hydrogens is 311 g/mol. The molecule has 0 fully saturated rings. The van der Waals surface area contributed by atoms with Gasteiger partial charge in [-0.25, -0.2) is 9.18 Å². The first kappa shape index (κ1) is 15.6. The van der Waals surface area contributed by atoms with Crippen LogP contribution in [0.3, 0.4) is 0 Å². The maximum Gasteiger partial charge on any atom is 0.340 e. The van der Waals surface area contributed by atoms with Crippen molar-refractivity contribution in [1.82, 2.24) is 4.98 Å². The molecule has 1 amide bonds. The van der Waals surface area contributed by atoms with E-state index in [0.29, 0.717) is 5.56 Å². The number of carbonyl (C=O) groups is 2. The normalized spacial score (nSPS) is 10.4. The number of halogens is 1. The largest absolute Gasteiger partial charge is 0.465 e. The lowest BCUT2D eigenvalue weighted by molar-refractivity contribution is 0.0595. The maximum atomic E-state index is 13.9. The molecule has 0 saturated heterocycles. The number of hydrogen-bond acceptors (Lipinski definition) is 4. The van der Waals surface area contributed by atoms with Crippen molar-refractivity contribution in [2.75, 3.05) is 12.4 Å². The molecule has 0 bridgehead atoms. The van der Waals surface area contributed by atoms with Crippen LogP contribution in [-0.2, 0) is 4.74 Å². The number of carbonyl (C=O) groups excluding carboxylic acids is 2. The Morgan fingerprint density at radius 1 is 1.12 bits per heavy atom. The van der Waals surface area contributed by atoms with E-state index >= 15 is 0 Å². The molecule has 0 aliphatic carbocycles. The molecule has 0 aliphatic rings. The van der Waals surface area contributed by atoms with Gasteiger partial charge in [-0.2, -0.15) is 0 Å². The number of nitrogens with one attached hydrogen (secondary N) is 1. The number of methoxy groups -OCH3 is 1. The summed E-state index contributed by atoms with van der Waals surface area (Å²) in [6.07, 6.45) is 1.67. The topological polar surface area (TPSA) is 68.3 Å². The molecule has 6 heteroatoms. The van der Waals surface area contributed by atoms with Crippen LogP contribution in [0.5, 0.6) is 0 Å². The molecule has 3 rings (SSSR count). The summed E-state index contributed by atoms with van der Waals surface area (Å²) in [5.74, 6) is -1.92. The summed E-state index contributed by atoms with van der Waals surface area (Å²) >= 11 is 0. The summed E-state index contributed by atoms with van der Waals surface area (Å²) in [7, 11) is 1.17. The second kappa shape index (κ2) is 6.45. The molecule has 24 heavy (non-hydrogen) atoms.